The van der Waals surface area contributed by atoms with Crippen molar-refractivity contribution in [3.63, 3.8) is 0 Å². The molecule has 2 aromatic carbocycles. The summed E-state index contributed by atoms with van der Waals surface area (Å²) < 4.78 is 0. The van der Waals surface area contributed by atoms with E-state index < -0.39 is 0 Å². The van der Waals surface area contributed by atoms with Crippen molar-refractivity contribution in [1.29, 1.82) is 0 Å². The van der Waals surface area contributed by atoms with Crippen LogP contribution < -0.4 is 0 Å². The maximum atomic E-state index is 4.05. The molecule has 0 nitrogen and oxygen atoms in total. The first-order valence-corrected chi connectivity index (χ1v) is 13.4. The molecule has 0 saturated carbocycles. The zero-order chi connectivity index (χ0) is 25.8. The highest BCUT2D eigenvalue weighted by Crippen LogP contribution is 2.39. The second-order valence-corrected chi connectivity index (χ2v) is 14.2. The Morgan fingerprint density at radius 2 is 0.912 bits per heavy atom. The van der Waals surface area contributed by atoms with Crippen LogP contribution in [0, 0.1) is 23.7 Å². The third-order valence-electron chi connectivity index (χ3n) is 6.90. The van der Waals surface area contributed by atoms with Gasteiger partial charge in [0.25, 0.3) is 0 Å². The fourth-order valence-electron chi connectivity index (χ4n) is 6.03. The second kappa shape index (κ2) is 11.0. The van der Waals surface area contributed by atoms with Crippen LogP contribution in [0.25, 0.3) is 0 Å². The lowest BCUT2D eigenvalue weighted by Gasteiger charge is -2.33. The van der Waals surface area contributed by atoms with E-state index in [0.717, 1.165) is 12.8 Å². The topological polar surface area (TPSA) is 0 Å². The Kier molecular flexibility index (Phi) is 9.29. The second-order valence-electron chi connectivity index (χ2n) is 14.2. The Balaban J connectivity index is 2.32. The summed E-state index contributed by atoms with van der Waals surface area (Å²) >= 11 is 0. The van der Waals surface area contributed by atoms with Crippen LogP contribution in [0.15, 0.2) is 48.5 Å². The molecule has 0 amide bonds. The fourth-order valence-corrected chi connectivity index (χ4v) is 6.03. The van der Waals surface area contributed by atoms with E-state index in [9.17, 15) is 0 Å². The van der Waals surface area contributed by atoms with Gasteiger partial charge in [0.1, 0.15) is 0 Å². The predicted molar refractivity (Wildman–Crippen MR) is 152 cm³/mol. The van der Waals surface area contributed by atoms with Gasteiger partial charge in [-0.25, -0.2) is 0 Å². The largest absolute Gasteiger partial charge is 0.0601 e. The van der Waals surface area contributed by atoms with Crippen molar-refractivity contribution in [2.45, 2.75) is 119 Å². The van der Waals surface area contributed by atoms with Crippen molar-refractivity contribution in [1.82, 2.24) is 0 Å². The molecule has 0 bridgehead atoms. The van der Waals surface area contributed by atoms with E-state index in [-0.39, 0.29) is 10.8 Å². The number of rotatable bonds is 10. The Labute approximate surface area is 213 Å². The maximum Gasteiger partial charge on any atom is 0.0340 e. The highest BCUT2D eigenvalue weighted by Gasteiger charge is 2.29. The zero-order valence-electron chi connectivity index (χ0n) is 24.1. The van der Waals surface area contributed by atoms with Crippen LogP contribution in [0.2, 0.25) is 0 Å². The van der Waals surface area contributed by atoms with Crippen LogP contribution in [-0.4, -0.2) is 0 Å². The van der Waals surface area contributed by atoms with Gasteiger partial charge in [0.05, 0.1) is 0 Å². The Bertz CT molecular complexity index is 792. The van der Waals surface area contributed by atoms with Crippen LogP contribution in [0.3, 0.4) is 0 Å². The predicted octanol–water partition coefficient (Wildman–Crippen LogP) is 10.5. The van der Waals surface area contributed by atoms with Gasteiger partial charge in [-0.3, -0.25) is 0 Å². The molecule has 0 fully saturated rings. The Hall–Kier alpha value is -1.56. The molecule has 188 valence electrons. The first-order valence-electron chi connectivity index (χ1n) is 13.4. The summed E-state index contributed by atoms with van der Waals surface area (Å²) in [5.74, 6) is 1.47. The number of benzene rings is 2. The van der Waals surface area contributed by atoms with E-state index in [1.54, 1.807) is 0 Å². The lowest BCUT2D eigenvalue weighted by atomic mass is 9.71. The fraction of sp³-hybridized carbons (Fsp3) is 0.588. The smallest absolute Gasteiger partial charge is 0.0340 e. The van der Waals surface area contributed by atoms with E-state index >= 15 is 0 Å². The summed E-state index contributed by atoms with van der Waals surface area (Å²) in [6, 6.07) is 18.9. The van der Waals surface area contributed by atoms with Gasteiger partial charge in [0, 0.05) is 5.92 Å². The monoisotopic (exact) mass is 460 g/mol. The normalized spacial score (nSPS) is 13.5. The molecular formula is C34H52. The first kappa shape index (κ1) is 28.7. The molecule has 0 atom stereocenters. The zero-order valence-corrected chi connectivity index (χ0v) is 24.1. The van der Waals surface area contributed by atoms with Gasteiger partial charge in [-0.05, 0) is 63.2 Å². The molecule has 0 saturated heterocycles. The van der Waals surface area contributed by atoms with Gasteiger partial charge in [-0.1, -0.05) is 144 Å². The highest BCUT2D eigenvalue weighted by molar-refractivity contribution is 5.48. The minimum atomic E-state index is 0.172. The summed E-state index contributed by atoms with van der Waals surface area (Å²) in [6.07, 6.45) is 6.82. The van der Waals surface area contributed by atoms with E-state index in [1.165, 1.54) is 53.9 Å². The lowest BCUT2D eigenvalue weighted by molar-refractivity contribution is 0.283. The third kappa shape index (κ3) is 8.58. The van der Waals surface area contributed by atoms with Crippen molar-refractivity contribution in [2.75, 3.05) is 0 Å². The minimum absolute atomic E-state index is 0.172. The van der Waals surface area contributed by atoms with Crippen LogP contribution >= 0.6 is 0 Å². The number of hydrogen-bond acceptors (Lipinski definition) is 0. The molecule has 0 spiro atoms. The molecule has 0 aliphatic heterocycles. The standard InChI is InChI=1S/C34H52/c1-12-13-14-15-30(26-16-20-28(21-17-26)33(8,9)24-31(2,3)4)27-18-22-29(23-19-27)34(10,11)25-32(5,6)7/h16-23H,1,12-15,24-25H2,2-11H3. The summed E-state index contributed by atoms with van der Waals surface area (Å²) in [6.45, 7) is 27.6. The van der Waals surface area contributed by atoms with Gasteiger partial charge >= 0.3 is 0 Å². The Morgan fingerprint density at radius 1 is 0.559 bits per heavy atom. The molecule has 34 heavy (non-hydrogen) atoms. The molecule has 2 aromatic rings. The molecule has 0 unspecified atom stereocenters. The highest BCUT2D eigenvalue weighted by atomic mass is 14.3. The molecular weight excluding hydrogens is 408 g/mol. The van der Waals surface area contributed by atoms with Crippen molar-refractivity contribution in [2.24, 2.45) is 10.8 Å². The van der Waals surface area contributed by atoms with Crippen molar-refractivity contribution in [3.05, 3.63) is 83.6 Å². The van der Waals surface area contributed by atoms with Crippen LogP contribution in [0.1, 0.15) is 130 Å². The van der Waals surface area contributed by atoms with Gasteiger partial charge < -0.3 is 0 Å². The average Bonchev–Trinajstić information content (AvgIpc) is 2.68. The SMILES string of the molecule is [CH2]CCCC[C](c1ccc(C(C)(C)CC(C)(C)C)cc1)c1ccc(C(C)(C)CC(C)(C)C)cc1. The molecule has 0 heterocycles. The van der Waals surface area contributed by atoms with Gasteiger partial charge in [-0.2, -0.15) is 0 Å². The molecule has 0 N–H and O–H groups in total. The lowest BCUT2D eigenvalue weighted by Crippen LogP contribution is -2.25. The quantitative estimate of drug-likeness (QED) is 0.309. The van der Waals surface area contributed by atoms with Crippen LogP contribution in [0.4, 0.5) is 0 Å². The van der Waals surface area contributed by atoms with E-state index in [2.05, 4.69) is 125 Å². The van der Waals surface area contributed by atoms with Crippen molar-refractivity contribution >= 4 is 0 Å². The molecule has 2 rings (SSSR count). The van der Waals surface area contributed by atoms with E-state index in [4.69, 9.17) is 0 Å². The maximum absolute atomic E-state index is 4.05. The molecule has 2 radical (unpaired) electrons. The first-order chi connectivity index (χ1) is 15.5. The molecule has 0 aromatic heterocycles. The molecule has 0 aliphatic carbocycles. The summed E-state index contributed by atoms with van der Waals surface area (Å²) in [7, 11) is 0. The number of hydrogen-bond donors (Lipinski definition) is 0. The Morgan fingerprint density at radius 3 is 1.21 bits per heavy atom. The average molecular weight is 461 g/mol. The van der Waals surface area contributed by atoms with Crippen molar-refractivity contribution < 1.29 is 0 Å². The van der Waals surface area contributed by atoms with Crippen LogP contribution in [0.5, 0.6) is 0 Å². The van der Waals surface area contributed by atoms with Crippen LogP contribution in [-0.2, 0) is 10.8 Å². The van der Waals surface area contributed by atoms with Gasteiger partial charge in [0.15, 0.2) is 0 Å². The number of unbranched alkanes of at least 4 members (excludes halogenated alkanes) is 2. The van der Waals surface area contributed by atoms with E-state index in [0.29, 0.717) is 10.8 Å². The summed E-state index contributed by atoms with van der Waals surface area (Å²) in [5.41, 5.74) is 6.56. The molecule has 0 aliphatic rings. The van der Waals surface area contributed by atoms with Gasteiger partial charge in [-0.15, -0.1) is 0 Å². The van der Waals surface area contributed by atoms with E-state index in [1.807, 2.05) is 0 Å². The van der Waals surface area contributed by atoms with Gasteiger partial charge in [0.2, 0.25) is 0 Å². The molecule has 0 heteroatoms. The minimum Gasteiger partial charge on any atom is -0.0601 e. The third-order valence-corrected chi connectivity index (χ3v) is 6.90. The summed E-state index contributed by atoms with van der Waals surface area (Å²) in [5, 5.41) is 0. The summed E-state index contributed by atoms with van der Waals surface area (Å²) in [4.78, 5) is 0. The van der Waals surface area contributed by atoms with Crippen molar-refractivity contribution in [3.8, 4) is 0 Å².